The van der Waals surface area contributed by atoms with Crippen LogP contribution in [-0.4, -0.2) is 18.4 Å². The van der Waals surface area contributed by atoms with Gasteiger partial charge in [0.25, 0.3) is 11.8 Å². The van der Waals surface area contributed by atoms with E-state index in [1.165, 1.54) is 113 Å². The molecule has 0 aliphatic carbocycles. The van der Waals surface area contributed by atoms with Crippen molar-refractivity contribution in [1.29, 1.82) is 0 Å². The quantitative estimate of drug-likeness (QED) is 0.163. The summed E-state index contributed by atoms with van der Waals surface area (Å²) >= 11 is 0. The lowest BCUT2D eigenvalue weighted by Gasteiger charge is -2.14. The van der Waals surface area contributed by atoms with Gasteiger partial charge in [0.05, 0.1) is 12.3 Å². The first-order valence-corrected chi connectivity index (χ1v) is 13.0. The van der Waals surface area contributed by atoms with Crippen molar-refractivity contribution in [2.45, 2.75) is 110 Å². The molecule has 1 aromatic rings. The molecule has 4 nitrogen and oxygen atoms in total. The fourth-order valence-electron chi connectivity index (χ4n) is 4.19. The summed E-state index contributed by atoms with van der Waals surface area (Å²) in [6.45, 7) is 2.99. The Hall–Kier alpha value is -2.10. The molecule has 1 aromatic carbocycles. The summed E-state index contributed by atoms with van der Waals surface area (Å²) in [5.74, 6) is 0.190. The molecule has 32 heavy (non-hydrogen) atoms. The van der Waals surface area contributed by atoms with E-state index >= 15 is 0 Å². The van der Waals surface area contributed by atoms with E-state index < -0.39 is 0 Å². The first-order chi connectivity index (χ1) is 15.7. The van der Waals surface area contributed by atoms with Gasteiger partial charge in [-0.15, -0.1) is 0 Å². The Bertz CT molecular complexity index is 662. The number of hydrogen-bond acceptors (Lipinski definition) is 3. The van der Waals surface area contributed by atoms with Crippen LogP contribution in [-0.2, 0) is 9.59 Å². The van der Waals surface area contributed by atoms with Crippen molar-refractivity contribution in [1.82, 2.24) is 0 Å². The second-order valence-corrected chi connectivity index (χ2v) is 8.99. The molecule has 0 saturated carbocycles. The molecule has 0 atom stereocenters. The lowest BCUT2D eigenvalue weighted by atomic mass is 10.0. The molecule has 0 bridgehead atoms. The van der Waals surface area contributed by atoms with Gasteiger partial charge in [0.15, 0.2) is 0 Å². The van der Waals surface area contributed by atoms with Crippen LogP contribution >= 0.6 is 0 Å². The monoisotopic (exact) mass is 441 g/mol. The van der Waals surface area contributed by atoms with Crippen LogP contribution in [0.3, 0.4) is 0 Å². The average Bonchev–Trinajstić information content (AvgIpc) is 3.14. The van der Waals surface area contributed by atoms with Gasteiger partial charge in [0.2, 0.25) is 0 Å². The van der Waals surface area contributed by atoms with Crippen LogP contribution in [0.5, 0.6) is 5.75 Å². The molecule has 0 saturated heterocycles. The minimum absolute atomic E-state index is 0.295. The standard InChI is InChI=1S/C28H43NO3/c1-2-3-4-5-6-7-8-9-10-11-12-13-14-15-16-17-24-32-26-20-18-25(19-21-26)29-27(30)22-23-28(29)31/h18-23H,2-17,24H2,1H3. The van der Waals surface area contributed by atoms with Crippen LogP contribution in [0.25, 0.3) is 0 Å². The third-order valence-electron chi connectivity index (χ3n) is 6.17. The van der Waals surface area contributed by atoms with Crippen molar-refractivity contribution in [3.63, 3.8) is 0 Å². The fraction of sp³-hybridized carbons (Fsp3) is 0.643. The largest absolute Gasteiger partial charge is 0.494 e. The maximum atomic E-state index is 11.7. The van der Waals surface area contributed by atoms with Gasteiger partial charge >= 0.3 is 0 Å². The Morgan fingerprint density at radius 2 is 1.00 bits per heavy atom. The minimum atomic E-state index is -0.295. The highest BCUT2D eigenvalue weighted by Gasteiger charge is 2.24. The van der Waals surface area contributed by atoms with Crippen molar-refractivity contribution < 1.29 is 14.3 Å². The van der Waals surface area contributed by atoms with Crippen LogP contribution in [0, 0.1) is 0 Å². The normalized spacial score (nSPS) is 13.3. The lowest BCUT2D eigenvalue weighted by molar-refractivity contribution is -0.119. The highest BCUT2D eigenvalue weighted by Crippen LogP contribution is 2.22. The number of unbranched alkanes of at least 4 members (excludes halogenated alkanes) is 15. The van der Waals surface area contributed by atoms with Crippen molar-refractivity contribution >= 4 is 17.5 Å². The summed E-state index contributed by atoms with van der Waals surface area (Å²) < 4.78 is 5.79. The van der Waals surface area contributed by atoms with Gasteiger partial charge in [0, 0.05) is 12.2 Å². The number of hydrogen-bond donors (Lipinski definition) is 0. The Kier molecular flexibility index (Phi) is 13.5. The summed E-state index contributed by atoms with van der Waals surface area (Å²) in [6, 6.07) is 7.15. The molecule has 2 rings (SSSR count). The van der Waals surface area contributed by atoms with Crippen LogP contribution in [0.2, 0.25) is 0 Å². The number of nitrogens with zero attached hydrogens (tertiary/aromatic N) is 1. The molecule has 4 heteroatoms. The zero-order valence-electron chi connectivity index (χ0n) is 20.2. The molecule has 0 fully saturated rings. The van der Waals surface area contributed by atoms with Gasteiger partial charge in [0.1, 0.15) is 5.75 Å². The van der Waals surface area contributed by atoms with Gasteiger partial charge < -0.3 is 4.74 Å². The summed E-state index contributed by atoms with van der Waals surface area (Å²) in [6.07, 6.45) is 24.4. The van der Waals surface area contributed by atoms with E-state index in [4.69, 9.17) is 4.74 Å². The highest BCUT2D eigenvalue weighted by atomic mass is 16.5. The number of anilines is 1. The summed E-state index contributed by atoms with van der Waals surface area (Å²) in [7, 11) is 0. The van der Waals surface area contributed by atoms with Crippen LogP contribution < -0.4 is 9.64 Å². The summed E-state index contributed by atoms with van der Waals surface area (Å²) in [4.78, 5) is 24.6. The minimum Gasteiger partial charge on any atom is -0.494 e. The zero-order valence-corrected chi connectivity index (χ0v) is 20.2. The molecule has 0 radical (unpaired) electrons. The van der Waals surface area contributed by atoms with Gasteiger partial charge in [-0.05, 0) is 30.7 Å². The molecule has 0 unspecified atom stereocenters. The molecular weight excluding hydrogens is 398 g/mol. The van der Waals surface area contributed by atoms with E-state index in [0.717, 1.165) is 12.2 Å². The van der Waals surface area contributed by atoms with Gasteiger partial charge in [-0.3, -0.25) is 9.59 Å². The number of rotatable bonds is 19. The van der Waals surface area contributed by atoms with Crippen molar-refractivity contribution in [2.75, 3.05) is 11.5 Å². The average molecular weight is 442 g/mol. The van der Waals surface area contributed by atoms with E-state index in [2.05, 4.69) is 6.92 Å². The van der Waals surface area contributed by atoms with Gasteiger partial charge in [-0.1, -0.05) is 103 Å². The Morgan fingerprint density at radius 3 is 1.44 bits per heavy atom. The fourth-order valence-corrected chi connectivity index (χ4v) is 4.19. The van der Waals surface area contributed by atoms with E-state index in [-0.39, 0.29) is 11.8 Å². The Labute approximate surface area is 195 Å². The Balaban J connectivity index is 1.37. The molecular formula is C28H43NO3. The number of ether oxygens (including phenoxy) is 1. The molecule has 1 aliphatic rings. The molecule has 0 aromatic heterocycles. The maximum Gasteiger partial charge on any atom is 0.258 e. The second kappa shape index (κ2) is 16.5. The summed E-state index contributed by atoms with van der Waals surface area (Å²) in [5.41, 5.74) is 0.583. The number of benzene rings is 1. The third-order valence-corrected chi connectivity index (χ3v) is 6.17. The predicted octanol–water partition coefficient (Wildman–Crippen LogP) is 7.76. The molecule has 2 amide bonds. The smallest absolute Gasteiger partial charge is 0.258 e. The van der Waals surface area contributed by atoms with E-state index in [1.54, 1.807) is 12.1 Å². The van der Waals surface area contributed by atoms with Crippen molar-refractivity contribution in [3.8, 4) is 5.75 Å². The van der Waals surface area contributed by atoms with E-state index in [1.807, 2.05) is 12.1 Å². The van der Waals surface area contributed by atoms with Gasteiger partial charge in [-0.2, -0.15) is 0 Å². The molecule has 0 N–H and O–H groups in total. The van der Waals surface area contributed by atoms with Crippen LogP contribution in [0.4, 0.5) is 5.69 Å². The topological polar surface area (TPSA) is 46.6 Å². The summed E-state index contributed by atoms with van der Waals surface area (Å²) in [5, 5.41) is 0. The van der Waals surface area contributed by atoms with Crippen molar-refractivity contribution in [2.24, 2.45) is 0 Å². The maximum absolute atomic E-state index is 11.7. The number of imide groups is 1. The number of amides is 2. The second-order valence-electron chi connectivity index (χ2n) is 8.99. The van der Waals surface area contributed by atoms with E-state index in [0.29, 0.717) is 12.3 Å². The highest BCUT2D eigenvalue weighted by molar-refractivity contribution is 6.28. The van der Waals surface area contributed by atoms with Crippen molar-refractivity contribution in [3.05, 3.63) is 36.4 Å². The Morgan fingerprint density at radius 1 is 0.594 bits per heavy atom. The first-order valence-electron chi connectivity index (χ1n) is 13.0. The predicted molar refractivity (Wildman–Crippen MR) is 133 cm³/mol. The SMILES string of the molecule is CCCCCCCCCCCCCCCCCCOc1ccc(N2C(=O)C=CC2=O)cc1. The number of carbonyl (C=O) groups is 2. The molecule has 1 aliphatic heterocycles. The lowest BCUT2D eigenvalue weighted by Crippen LogP contribution is -2.29. The van der Waals surface area contributed by atoms with Gasteiger partial charge in [-0.25, -0.2) is 4.90 Å². The van der Waals surface area contributed by atoms with Crippen LogP contribution in [0.15, 0.2) is 36.4 Å². The van der Waals surface area contributed by atoms with Crippen LogP contribution in [0.1, 0.15) is 110 Å². The van der Waals surface area contributed by atoms with E-state index in [9.17, 15) is 9.59 Å². The zero-order chi connectivity index (χ0) is 22.9. The molecule has 0 spiro atoms. The third kappa shape index (κ3) is 10.5. The number of carbonyl (C=O) groups excluding carboxylic acids is 2. The first kappa shape index (κ1) is 26.2. The molecule has 178 valence electrons. The molecule has 1 heterocycles.